The molecule has 1 heterocycles. The van der Waals surface area contributed by atoms with Crippen molar-refractivity contribution in [1.82, 2.24) is 0 Å². The molecule has 1 aliphatic heterocycles. The Kier molecular flexibility index (Phi) is 15.2. The van der Waals surface area contributed by atoms with Gasteiger partial charge in [0.05, 0.1) is 0 Å². The van der Waals surface area contributed by atoms with Crippen LogP contribution in [0.1, 0.15) is 119 Å². The second-order valence-electron chi connectivity index (χ2n) is 9.66. The molecule has 0 aromatic carbocycles. The van der Waals surface area contributed by atoms with Crippen LogP contribution in [0.5, 0.6) is 0 Å². The maximum Gasteiger partial charge on any atom is 0.318 e. The molecule has 0 N–H and O–H groups in total. The van der Waals surface area contributed by atoms with Gasteiger partial charge in [-0.2, -0.15) is 10.7 Å². The molecule has 30 heavy (non-hydrogen) atoms. The van der Waals surface area contributed by atoms with E-state index in [-0.39, 0.29) is 0 Å². The van der Waals surface area contributed by atoms with E-state index in [0.717, 1.165) is 0 Å². The van der Waals surface area contributed by atoms with Gasteiger partial charge in [-0.1, -0.05) is 119 Å². The molecule has 180 valence electrons. The lowest BCUT2D eigenvalue weighted by atomic mass is 10.4. The fourth-order valence-corrected chi connectivity index (χ4v) is 42.0. The van der Waals surface area contributed by atoms with Crippen molar-refractivity contribution >= 4 is 34.2 Å². The fraction of sp³-hybridized carbons (Fsp3) is 1.00. The zero-order valence-corrected chi connectivity index (χ0v) is 25.3. The first-order valence-electron chi connectivity index (χ1n) is 13.6. The van der Waals surface area contributed by atoms with E-state index in [1.54, 1.807) is 0 Å². The molecular weight excluding hydrogens is 437 g/mol. The Balaban J connectivity index is 3.38. The SMILES string of the molecule is CCCC[Si]1(CCCC)O[Si](CCCC)(CCCC)S[Si](CCCC)(CCCC)O1. The predicted octanol–water partition coefficient (Wildman–Crippen LogP) is 9.89. The molecule has 2 nitrogen and oxygen atoms in total. The summed E-state index contributed by atoms with van der Waals surface area (Å²) in [7, 11) is -3.23. The summed E-state index contributed by atoms with van der Waals surface area (Å²) in [6, 6.07) is 8.08. The molecule has 0 saturated carbocycles. The van der Waals surface area contributed by atoms with E-state index >= 15 is 0 Å². The van der Waals surface area contributed by atoms with E-state index in [9.17, 15) is 0 Å². The zero-order valence-electron chi connectivity index (χ0n) is 21.5. The highest BCUT2D eigenvalue weighted by Gasteiger charge is 2.59. The second-order valence-corrected chi connectivity index (χ2v) is 26.9. The molecule has 1 fully saturated rings. The van der Waals surface area contributed by atoms with Gasteiger partial charge < -0.3 is 8.23 Å². The highest BCUT2D eigenvalue weighted by molar-refractivity contribution is 8.49. The molecule has 1 aliphatic rings. The van der Waals surface area contributed by atoms with Gasteiger partial charge in [-0.15, -0.1) is 0 Å². The monoisotopic (exact) mass is 490 g/mol. The summed E-state index contributed by atoms with van der Waals surface area (Å²) in [6.07, 6.45) is 15.8. The van der Waals surface area contributed by atoms with E-state index in [1.807, 2.05) is 0 Å². The van der Waals surface area contributed by atoms with Gasteiger partial charge in [0.15, 0.2) is 0 Å². The summed E-state index contributed by atoms with van der Waals surface area (Å²) in [5.41, 5.74) is 0. The Labute approximate surface area is 196 Å². The van der Waals surface area contributed by atoms with Gasteiger partial charge in [-0.3, -0.25) is 0 Å². The van der Waals surface area contributed by atoms with Crippen molar-refractivity contribution < 1.29 is 8.23 Å². The third-order valence-electron chi connectivity index (χ3n) is 6.58. The van der Waals surface area contributed by atoms with E-state index in [1.165, 1.54) is 113 Å². The van der Waals surface area contributed by atoms with Gasteiger partial charge >= 0.3 is 8.56 Å². The van der Waals surface area contributed by atoms with Crippen LogP contribution in [0.2, 0.25) is 36.3 Å². The molecule has 0 unspecified atom stereocenters. The van der Waals surface area contributed by atoms with Crippen molar-refractivity contribution in [3.8, 4) is 0 Å². The maximum atomic E-state index is 7.54. The van der Waals surface area contributed by atoms with Crippen molar-refractivity contribution in [3.63, 3.8) is 0 Å². The van der Waals surface area contributed by atoms with Crippen LogP contribution in [0.3, 0.4) is 0 Å². The largest absolute Gasteiger partial charge is 0.428 e. The van der Waals surface area contributed by atoms with E-state index in [0.29, 0.717) is 0 Å². The third-order valence-corrected chi connectivity index (χ3v) is 32.8. The number of rotatable bonds is 18. The minimum Gasteiger partial charge on any atom is -0.428 e. The van der Waals surface area contributed by atoms with Crippen LogP contribution in [0.25, 0.3) is 0 Å². The zero-order chi connectivity index (χ0) is 22.3. The molecule has 0 radical (unpaired) electrons. The van der Waals surface area contributed by atoms with Gasteiger partial charge in [-0.05, 0) is 36.3 Å². The summed E-state index contributed by atoms with van der Waals surface area (Å²) in [5.74, 6) is 0. The lowest BCUT2D eigenvalue weighted by Gasteiger charge is -2.54. The molecule has 0 aliphatic carbocycles. The van der Waals surface area contributed by atoms with Crippen LogP contribution in [0.4, 0.5) is 0 Å². The van der Waals surface area contributed by atoms with Crippen molar-refractivity contribution in [2.24, 2.45) is 0 Å². The van der Waals surface area contributed by atoms with Crippen molar-refractivity contribution in [2.45, 2.75) is 155 Å². The predicted molar refractivity (Wildman–Crippen MR) is 145 cm³/mol. The standard InChI is InChI=1S/C24H54O2SSi3/c1-7-13-19-28(20-14-8-2)25-29(21-15-9-3,22-16-10-4)27-30(26-28,23-17-11-5)24-18-12-6/h7-24H2,1-6H3. The van der Waals surface area contributed by atoms with E-state index < -0.39 is 23.5 Å². The maximum absolute atomic E-state index is 7.54. The highest BCUT2D eigenvalue weighted by Crippen LogP contribution is 2.53. The van der Waals surface area contributed by atoms with Crippen LogP contribution in [0, 0.1) is 0 Å². The second kappa shape index (κ2) is 15.7. The molecule has 0 amide bonds. The number of unbranched alkanes of at least 4 members (excludes halogenated alkanes) is 6. The van der Waals surface area contributed by atoms with Crippen molar-refractivity contribution in [2.75, 3.05) is 0 Å². The van der Waals surface area contributed by atoms with Crippen LogP contribution < -0.4 is 0 Å². The molecule has 0 aromatic rings. The van der Waals surface area contributed by atoms with Crippen LogP contribution >= 0.6 is 10.7 Å². The molecule has 1 saturated heterocycles. The minimum absolute atomic E-state index is 1.27. The van der Waals surface area contributed by atoms with E-state index in [4.69, 9.17) is 8.23 Å². The van der Waals surface area contributed by atoms with Gasteiger partial charge in [0.25, 0.3) is 0 Å². The topological polar surface area (TPSA) is 18.5 Å². The molecule has 1 rings (SSSR count). The fourth-order valence-electron chi connectivity index (χ4n) is 4.74. The summed E-state index contributed by atoms with van der Waals surface area (Å²) >= 11 is 0. The Morgan fingerprint density at radius 1 is 0.433 bits per heavy atom. The average Bonchev–Trinajstić information content (AvgIpc) is 2.76. The Morgan fingerprint density at radius 3 is 0.967 bits per heavy atom. The van der Waals surface area contributed by atoms with Gasteiger partial charge in [0, 0.05) is 0 Å². The minimum atomic E-state index is -2.09. The normalized spacial score (nSPS) is 19.8. The van der Waals surface area contributed by atoms with Crippen LogP contribution in [0.15, 0.2) is 0 Å². The van der Waals surface area contributed by atoms with Gasteiger partial charge in [-0.25, -0.2) is 0 Å². The Hall–Kier alpha value is 0.921. The van der Waals surface area contributed by atoms with Gasteiger partial charge in [0.1, 0.15) is 0 Å². The van der Waals surface area contributed by atoms with E-state index in [2.05, 4.69) is 52.2 Å². The summed E-state index contributed by atoms with van der Waals surface area (Å²) < 4.78 is 15.1. The number of hydrogen-bond acceptors (Lipinski definition) is 3. The molecule has 0 atom stereocenters. The van der Waals surface area contributed by atoms with Crippen LogP contribution in [-0.2, 0) is 8.23 Å². The quantitative estimate of drug-likeness (QED) is 0.178. The first kappa shape index (κ1) is 29.0. The van der Waals surface area contributed by atoms with Crippen molar-refractivity contribution in [1.29, 1.82) is 0 Å². The average molecular weight is 491 g/mol. The van der Waals surface area contributed by atoms with Gasteiger partial charge in [0.2, 0.25) is 14.9 Å². The number of hydrogen-bond donors (Lipinski definition) is 0. The molecular formula is C24H54O2SSi3. The first-order chi connectivity index (χ1) is 14.5. The summed E-state index contributed by atoms with van der Waals surface area (Å²) in [4.78, 5) is 0. The van der Waals surface area contributed by atoms with Crippen LogP contribution in [-0.4, -0.2) is 23.5 Å². The Morgan fingerprint density at radius 2 is 0.700 bits per heavy atom. The third kappa shape index (κ3) is 9.42. The van der Waals surface area contributed by atoms with Crippen molar-refractivity contribution in [3.05, 3.63) is 0 Å². The molecule has 0 spiro atoms. The lowest BCUT2D eigenvalue weighted by molar-refractivity contribution is 0.358. The molecule has 6 heteroatoms. The first-order valence-corrected chi connectivity index (χ1v) is 22.7. The lowest BCUT2D eigenvalue weighted by Crippen LogP contribution is -2.64. The summed E-state index contributed by atoms with van der Waals surface area (Å²) in [6.45, 7) is 14.1. The molecule has 0 aromatic heterocycles. The highest BCUT2D eigenvalue weighted by atomic mass is 32.5. The summed E-state index contributed by atoms with van der Waals surface area (Å²) in [5, 5.41) is 0. The smallest absolute Gasteiger partial charge is 0.318 e. The molecule has 0 bridgehead atoms. The Bertz CT molecular complexity index is 339.